The van der Waals surface area contributed by atoms with Crippen molar-refractivity contribution in [2.24, 2.45) is 5.92 Å². The lowest BCUT2D eigenvalue weighted by Gasteiger charge is -2.15. The first-order chi connectivity index (χ1) is 8.08. The third kappa shape index (κ3) is 2.63. The van der Waals surface area contributed by atoms with Crippen LogP contribution in [0, 0.1) is 5.92 Å². The molecule has 1 aromatic rings. The minimum absolute atomic E-state index is 0.213. The van der Waals surface area contributed by atoms with Crippen molar-refractivity contribution in [3.8, 4) is 0 Å². The third-order valence-electron chi connectivity index (χ3n) is 2.76. The summed E-state index contributed by atoms with van der Waals surface area (Å²) in [5.41, 5.74) is 0.338. The Bertz CT molecular complexity index is 464. The van der Waals surface area contributed by atoms with E-state index in [2.05, 4.69) is 20.9 Å². The molecule has 1 N–H and O–H groups in total. The third-order valence-corrected chi connectivity index (χ3v) is 3.20. The van der Waals surface area contributed by atoms with E-state index in [4.69, 9.17) is 5.11 Å². The van der Waals surface area contributed by atoms with Crippen LogP contribution >= 0.6 is 15.9 Å². The van der Waals surface area contributed by atoms with Crippen LogP contribution in [0.5, 0.6) is 0 Å². The monoisotopic (exact) mass is 298 g/mol. The van der Waals surface area contributed by atoms with E-state index in [1.54, 1.807) is 18.2 Å². The molecule has 0 spiro atoms. The quantitative estimate of drug-likeness (QED) is 0.838. The van der Waals surface area contributed by atoms with Gasteiger partial charge in [0.25, 0.3) is 5.91 Å². The van der Waals surface area contributed by atoms with Gasteiger partial charge in [-0.3, -0.25) is 9.59 Å². The van der Waals surface area contributed by atoms with Crippen LogP contribution in [0.1, 0.15) is 16.9 Å². The summed E-state index contributed by atoms with van der Waals surface area (Å²) >= 11 is 3.20. The van der Waals surface area contributed by atoms with E-state index in [9.17, 15) is 9.59 Å². The number of aromatic nitrogens is 1. The molecule has 0 saturated carbocycles. The lowest BCUT2D eigenvalue weighted by molar-refractivity contribution is -0.141. The van der Waals surface area contributed by atoms with E-state index in [-0.39, 0.29) is 12.5 Å². The van der Waals surface area contributed by atoms with Gasteiger partial charge in [-0.05, 0) is 34.5 Å². The maximum Gasteiger partial charge on any atom is 0.308 e. The molecule has 1 fully saturated rings. The van der Waals surface area contributed by atoms with Gasteiger partial charge in [-0.2, -0.15) is 0 Å². The summed E-state index contributed by atoms with van der Waals surface area (Å²) in [4.78, 5) is 28.4. The molecule has 1 atom stereocenters. The smallest absolute Gasteiger partial charge is 0.308 e. The Hall–Kier alpha value is -1.43. The molecule has 1 saturated heterocycles. The van der Waals surface area contributed by atoms with Crippen molar-refractivity contribution in [2.75, 3.05) is 13.1 Å². The number of amides is 1. The fraction of sp³-hybridized carbons (Fsp3) is 0.364. The van der Waals surface area contributed by atoms with Crippen molar-refractivity contribution in [1.82, 2.24) is 9.88 Å². The Kier molecular flexibility index (Phi) is 3.42. The number of halogens is 1. The number of carbonyl (C=O) groups excluding carboxylic acids is 1. The van der Waals surface area contributed by atoms with Gasteiger partial charge in [0.1, 0.15) is 10.3 Å². The molecule has 17 heavy (non-hydrogen) atoms. The van der Waals surface area contributed by atoms with E-state index in [0.717, 1.165) is 0 Å². The molecule has 0 aromatic carbocycles. The van der Waals surface area contributed by atoms with Crippen LogP contribution in [-0.2, 0) is 4.79 Å². The number of hydrogen-bond donors (Lipinski definition) is 1. The fourth-order valence-electron chi connectivity index (χ4n) is 1.84. The summed E-state index contributed by atoms with van der Waals surface area (Å²) in [7, 11) is 0. The largest absolute Gasteiger partial charge is 0.481 e. The van der Waals surface area contributed by atoms with Crippen molar-refractivity contribution in [1.29, 1.82) is 0 Å². The van der Waals surface area contributed by atoms with E-state index in [0.29, 0.717) is 23.3 Å². The summed E-state index contributed by atoms with van der Waals surface area (Å²) in [6.45, 7) is 0.742. The van der Waals surface area contributed by atoms with Crippen molar-refractivity contribution in [2.45, 2.75) is 6.42 Å². The van der Waals surface area contributed by atoms with Gasteiger partial charge in [-0.25, -0.2) is 4.98 Å². The second-order valence-corrected chi connectivity index (χ2v) is 4.73. The molecule has 1 aromatic heterocycles. The van der Waals surface area contributed by atoms with Crippen LogP contribution in [-0.4, -0.2) is 40.0 Å². The van der Waals surface area contributed by atoms with Crippen molar-refractivity contribution >= 4 is 27.8 Å². The van der Waals surface area contributed by atoms with Gasteiger partial charge in [0, 0.05) is 13.1 Å². The van der Waals surface area contributed by atoms with Crippen molar-refractivity contribution in [3.05, 3.63) is 28.5 Å². The average molecular weight is 299 g/mol. The number of hydrogen-bond acceptors (Lipinski definition) is 3. The molecule has 2 rings (SSSR count). The Morgan fingerprint density at radius 1 is 1.47 bits per heavy atom. The van der Waals surface area contributed by atoms with Crippen LogP contribution in [0.2, 0.25) is 0 Å². The van der Waals surface area contributed by atoms with Crippen LogP contribution in [0.25, 0.3) is 0 Å². The molecule has 1 amide bonds. The van der Waals surface area contributed by atoms with Crippen molar-refractivity contribution in [3.63, 3.8) is 0 Å². The Labute approximate surface area is 107 Å². The first kappa shape index (κ1) is 12.0. The number of carbonyl (C=O) groups is 2. The zero-order chi connectivity index (χ0) is 12.4. The van der Waals surface area contributed by atoms with Crippen LogP contribution in [0.15, 0.2) is 22.8 Å². The highest BCUT2D eigenvalue weighted by atomic mass is 79.9. The predicted octanol–water partition coefficient (Wildman–Crippen LogP) is 1.39. The highest BCUT2D eigenvalue weighted by Crippen LogP contribution is 2.18. The van der Waals surface area contributed by atoms with E-state index < -0.39 is 11.9 Å². The van der Waals surface area contributed by atoms with Gasteiger partial charge in [-0.15, -0.1) is 0 Å². The topological polar surface area (TPSA) is 70.5 Å². The van der Waals surface area contributed by atoms with Gasteiger partial charge in [0.15, 0.2) is 0 Å². The molecule has 2 heterocycles. The summed E-state index contributed by atoms with van der Waals surface area (Å²) < 4.78 is 0.595. The predicted molar refractivity (Wildman–Crippen MR) is 63.6 cm³/mol. The zero-order valence-electron chi connectivity index (χ0n) is 8.97. The van der Waals surface area contributed by atoms with Gasteiger partial charge in [0.05, 0.1) is 5.92 Å². The average Bonchev–Trinajstić information content (AvgIpc) is 2.77. The summed E-state index contributed by atoms with van der Waals surface area (Å²) in [6.07, 6.45) is 0.509. The normalized spacial score (nSPS) is 19.4. The molecule has 0 bridgehead atoms. The zero-order valence-corrected chi connectivity index (χ0v) is 10.6. The lowest BCUT2D eigenvalue weighted by atomic mass is 10.1. The molecule has 6 heteroatoms. The molecular formula is C11H11BrN2O3. The number of rotatable bonds is 2. The van der Waals surface area contributed by atoms with Gasteiger partial charge in [0.2, 0.25) is 0 Å². The number of carboxylic acids is 1. The lowest BCUT2D eigenvalue weighted by Crippen LogP contribution is -2.30. The van der Waals surface area contributed by atoms with Crippen LogP contribution in [0.4, 0.5) is 0 Å². The van der Waals surface area contributed by atoms with E-state index in [1.807, 2.05) is 0 Å². The van der Waals surface area contributed by atoms with E-state index in [1.165, 1.54) is 4.90 Å². The molecule has 90 valence electrons. The fourth-order valence-corrected chi connectivity index (χ4v) is 2.18. The van der Waals surface area contributed by atoms with Crippen LogP contribution < -0.4 is 0 Å². The highest BCUT2D eigenvalue weighted by Gasteiger charge is 2.31. The number of likely N-dealkylation sites (tertiary alicyclic amines) is 1. The van der Waals surface area contributed by atoms with Gasteiger partial charge < -0.3 is 10.0 Å². The summed E-state index contributed by atoms with van der Waals surface area (Å²) in [5, 5.41) is 8.87. The van der Waals surface area contributed by atoms with E-state index >= 15 is 0 Å². The standard InChI is InChI=1S/C11H11BrN2O3/c12-9-3-1-2-8(13-9)10(15)14-5-4-7(6-14)11(16)17/h1-3,7H,4-6H2,(H,16,17). The highest BCUT2D eigenvalue weighted by molar-refractivity contribution is 9.10. The first-order valence-corrected chi connectivity index (χ1v) is 6.02. The van der Waals surface area contributed by atoms with Gasteiger partial charge >= 0.3 is 5.97 Å². The minimum atomic E-state index is -0.845. The minimum Gasteiger partial charge on any atom is -0.481 e. The van der Waals surface area contributed by atoms with Crippen molar-refractivity contribution < 1.29 is 14.7 Å². The Morgan fingerprint density at radius 3 is 2.82 bits per heavy atom. The summed E-state index contributed by atoms with van der Waals surface area (Å²) in [5.74, 6) is -1.51. The second kappa shape index (κ2) is 4.83. The Morgan fingerprint density at radius 2 is 2.24 bits per heavy atom. The molecule has 0 radical (unpaired) electrons. The maximum absolute atomic E-state index is 12.0. The molecule has 5 nitrogen and oxygen atoms in total. The summed E-state index contributed by atoms with van der Waals surface area (Å²) in [6, 6.07) is 5.09. The molecule has 1 aliphatic heterocycles. The Balaban J connectivity index is 2.09. The SMILES string of the molecule is O=C(O)C1CCN(C(=O)c2cccc(Br)n2)C1. The number of pyridine rings is 1. The number of aliphatic carboxylic acids is 1. The molecule has 1 aliphatic rings. The molecular weight excluding hydrogens is 288 g/mol. The molecule has 1 unspecified atom stereocenters. The maximum atomic E-state index is 12.0. The number of carboxylic acid groups (broad SMARTS) is 1. The molecule has 0 aliphatic carbocycles. The first-order valence-electron chi connectivity index (χ1n) is 5.22. The van der Waals surface area contributed by atoms with Gasteiger partial charge in [-0.1, -0.05) is 6.07 Å². The number of nitrogens with zero attached hydrogens (tertiary/aromatic N) is 2. The van der Waals surface area contributed by atoms with Crippen LogP contribution in [0.3, 0.4) is 0 Å². The second-order valence-electron chi connectivity index (χ2n) is 3.92.